The summed E-state index contributed by atoms with van der Waals surface area (Å²) in [5.74, 6) is -1.89. The molecule has 0 amide bonds. The zero-order valence-corrected chi connectivity index (χ0v) is 16.3. The first-order chi connectivity index (χ1) is 13.5. The lowest BCUT2D eigenvalue weighted by molar-refractivity contribution is -0.143. The molecule has 2 heterocycles. The number of carbonyl (C=O) groups is 1. The number of pyridine rings is 1. The second kappa shape index (κ2) is 8.91. The lowest BCUT2D eigenvalue weighted by Crippen LogP contribution is -2.36. The van der Waals surface area contributed by atoms with Gasteiger partial charge in [-0.05, 0) is 25.1 Å². The molecule has 28 heavy (non-hydrogen) atoms. The molecule has 0 spiro atoms. The van der Waals surface area contributed by atoms with Crippen molar-refractivity contribution in [2.75, 3.05) is 43.5 Å². The third kappa shape index (κ3) is 4.19. The number of benzene rings is 1. The Kier molecular flexibility index (Phi) is 6.34. The molecule has 0 bridgehead atoms. The number of hydrogen-bond donors (Lipinski definition) is 1. The van der Waals surface area contributed by atoms with E-state index in [2.05, 4.69) is 9.88 Å². The molecule has 7 nitrogen and oxygen atoms in total. The first-order valence-corrected chi connectivity index (χ1v) is 9.38. The van der Waals surface area contributed by atoms with Gasteiger partial charge >= 0.3 is 5.97 Å². The summed E-state index contributed by atoms with van der Waals surface area (Å²) in [6.45, 7) is 4.94. The second-order valence-electron chi connectivity index (χ2n) is 6.25. The number of morpholine rings is 1. The van der Waals surface area contributed by atoms with Crippen molar-refractivity contribution in [3.63, 3.8) is 0 Å². The number of aromatic nitrogens is 1. The van der Waals surface area contributed by atoms with Crippen molar-refractivity contribution in [3.05, 3.63) is 41.0 Å². The Morgan fingerprint density at radius 1 is 1.39 bits per heavy atom. The van der Waals surface area contributed by atoms with E-state index in [1.54, 1.807) is 6.92 Å². The Bertz CT molecular complexity index is 890. The van der Waals surface area contributed by atoms with E-state index in [1.165, 1.54) is 6.07 Å². The van der Waals surface area contributed by atoms with Gasteiger partial charge in [-0.1, -0.05) is 23.7 Å². The Morgan fingerprint density at radius 3 is 2.68 bits per heavy atom. The van der Waals surface area contributed by atoms with Gasteiger partial charge in [-0.3, -0.25) is 4.79 Å². The average Bonchev–Trinajstić information content (AvgIpc) is 2.71. The third-order valence-corrected chi connectivity index (χ3v) is 4.77. The maximum Gasteiger partial charge on any atom is 0.329 e. The quantitative estimate of drug-likeness (QED) is 0.769. The van der Waals surface area contributed by atoms with E-state index in [9.17, 15) is 10.1 Å². The van der Waals surface area contributed by atoms with Crippen LogP contribution in [0.2, 0.25) is 5.02 Å². The van der Waals surface area contributed by atoms with Crippen molar-refractivity contribution in [3.8, 4) is 17.3 Å². The van der Waals surface area contributed by atoms with Crippen LogP contribution in [0, 0.1) is 11.3 Å². The Hall–Kier alpha value is -2.82. The highest BCUT2D eigenvalue weighted by Crippen LogP contribution is 2.33. The molecule has 0 saturated carbocycles. The number of rotatable bonds is 5. The normalized spacial score (nSPS) is 15.0. The topological polar surface area (TPSA) is 101 Å². The van der Waals surface area contributed by atoms with Crippen molar-refractivity contribution >= 4 is 28.9 Å². The van der Waals surface area contributed by atoms with Crippen molar-refractivity contribution in [2.45, 2.75) is 12.8 Å². The maximum atomic E-state index is 12.1. The number of ether oxygens (including phenoxy) is 2. The molecule has 1 atom stereocenters. The monoisotopic (exact) mass is 400 g/mol. The van der Waals surface area contributed by atoms with E-state index < -0.39 is 11.9 Å². The molecule has 146 valence electrons. The van der Waals surface area contributed by atoms with Gasteiger partial charge in [0, 0.05) is 24.3 Å². The summed E-state index contributed by atoms with van der Waals surface area (Å²) in [6, 6.07) is 11.2. The molecule has 1 unspecified atom stereocenters. The fraction of sp³-hybridized carbons (Fsp3) is 0.350. The van der Waals surface area contributed by atoms with Crippen LogP contribution < -0.4 is 10.6 Å². The number of nitriles is 1. The van der Waals surface area contributed by atoms with Crippen LogP contribution in [0.3, 0.4) is 0 Å². The SMILES string of the molecule is CCOC(=O)C(C#N)c1nc(-c2ccc(N3CCOCC3)cc2)c(Cl)cc1N. The van der Waals surface area contributed by atoms with Crippen LogP contribution in [0.15, 0.2) is 30.3 Å². The second-order valence-corrected chi connectivity index (χ2v) is 6.66. The number of halogens is 1. The summed E-state index contributed by atoms with van der Waals surface area (Å²) in [6.07, 6.45) is 0. The molecule has 0 aliphatic carbocycles. The molecule has 1 aromatic heterocycles. The minimum Gasteiger partial charge on any atom is -0.465 e. The fourth-order valence-electron chi connectivity index (χ4n) is 3.05. The van der Waals surface area contributed by atoms with Crippen molar-refractivity contribution in [2.24, 2.45) is 0 Å². The largest absolute Gasteiger partial charge is 0.465 e. The van der Waals surface area contributed by atoms with Gasteiger partial charge in [-0.2, -0.15) is 5.26 Å². The standard InChI is InChI=1S/C20H21ClN4O3/c1-2-28-20(26)15(12-22)19-17(23)11-16(21)18(24-19)13-3-5-14(6-4-13)25-7-9-27-10-8-25/h3-6,11,15H,2,7-10,23H2,1H3. The van der Waals surface area contributed by atoms with Crippen molar-refractivity contribution < 1.29 is 14.3 Å². The van der Waals surface area contributed by atoms with Gasteiger partial charge in [-0.15, -0.1) is 0 Å². The molecular weight excluding hydrogens is 380 g/mol. The Balaban J connectivity index is 1.93. The van der Waals surface area contributed by atoms with Crippen LogP contribution in [0.5, 0.6) is 0 Å². The highest BCUT2D eigenvalue weighted by Gasteiger charge is 2.27. The number of anilines is 2. The van der Waals surface area contributed by atoms with Crippen LogP contribution in [0.25, 0.3) is 11.3 Å². The van der Waals surface area contributed by atoms with Gasteiger partial charge in [0.25, 0.3) is 0 Å². The fourth-order valence-corrected chi connectivity index (χ4v) is 3.32. The molecule has 1 fully saturated rings. The van der Waals surface area contributed by atoms with Gasteiger partial charge in [0.15, 0.2) is 5.92 Å². The van der Waals surface area contributed by atoms with E-state index in [1.807, 2.05) is 30.3 Å². The third-order valence-electron chi connectivity index (χ3n) is 4.48. The minimum atomic E-state index is -1.21. The van der Waals surface area contributed by atoms with Crippen LogP contribution >= 0.6 is 11.6 Å². The summed E-state index contributed by atoms with van der Waals surface area (Å²) >= 11 is 6.34. The van der Waals surface area contributed by atoms with Crippen molar-refractivity contribution in [1.29, 1.82) is 5.26 Å². The Labute approximate surface area is 168 Å². The van der Waals surface area contributed by atoms with Gasteiger partial charge in [0.05, 0.1) is 48.0 Å². The van der Waals surface area contributed by atoms with E-state index in [0.717, 1.165) is 24.3 Å². The van der Waals surface area contributed by atoms with Crippen LogP contribution in [0.4, 0.5) is 11.4 Å². The number of nitrogens with two attached hydrogens (primary N) is 1. The smallest absolute Gasteiger partial charge is 0.329 e. The molecule has 1 aliphatic heterocycles. The van der Waals surface area contributed by atoms with E-state index in [-0.39, 0.29) is 18.0 Å². The van der Waals surface area contributed by atoms with E-state index in [0.29, 0.717) is 23.9 Å². The number of nitrogens with zero attached hydrogens (tertiary/aromatic N) is 3. The number of nitrogen functional groups attached to an aromatic ring is 1. The number of carbonyl (C=O) groups excluding carboxylic acids is 1. The zero-order chi connectivity index (χ0) is 20.1. The van der Waals surface area contributed by atoms with Gasteiger partial charge in [0.2, 0.25) is 0 Å². The van der Waals surface area contributed by atoms with Crippen molar-refractivity contribution in [1.82, 2.24) is 4.98 Å². The van der Waals surface area contributed by atoms with Crippen LogP contribution in [-0.4, -0.2) is 43.9 Å². The summed E-state index contributed by atoms with van der Waals surface area (Å²) in [5.41, 5.74) is 8.62. The highest BCUT2D eigenvalue weighted by molar-refractivity contribution is 6.33. The molecule has 8 heteroatoms. The molecule has 0 radical (unpaired) electrons. The predicted molar refractivity (Wildman–Crippen MR) is 107 cm³/mol. The lowest BCUT2D eigenvalue weighted by Gasteiger charge is -2.28. The summed E-state index contributed by atoms with van der Waals surface area (Å²) < 4.78 is 10.3. The number of hydrogen-bond acceptors (Lipinski definition) is 7. The Morgan fingerprint density at radius 2 is 2.07 bits per heavy atom. The first kappa shape index (κ1) is 19.9. The molecule has 1 aromatic carbocycles. The first-order valence-electron chi connectivity index (χ1n) is 9.00. The molecule has 1 saturated heterocycles. The molecular formula is C20H21ClN4O3. The van der Waals surface area contributed by atoms with Crippen LogP contribution in [0.1, 0.15) is 18.5 Å². The maximum absolute atomic E-state index is 12.1. The molecule has 2 aromatic rings. The number of esters is 1. The average molecular weight is 401 g/mol. The minimum absolute atomic E-state index is 0.151. The molecule has 3 rings (SSSR count). The summed E-state index contributed by atoms with van der Waals surface area (Å²) in [5, 5.41) is 9.77. The lowest BCUT2D eigenvalue weighted by atomic mass is 10.0. The van der Waals surface area contributed by atoms with E-state index in [4.69, 9.17) is 26.8 Å². The molecule has 2 N–H and O–H groups in total. The zero-order valence-electron chi connectivity index (χ0n) is 15.5. The summed E-state index contributed by atoms with van der Waals surface area (Å²) in [7, 11) is 0. The van der Waals surface area contributed by atoms with Gasteiger partial charge in [-0.25, -0.2) is 4.98 Å². The van der Waals surface area contributed by atoms with Gasteiger partial charge < -0.3 is 20.1 Å². The predicted octanol–water partition coefficient (Wildman–Crippen LogP) is 2.99. The summed E-state index contributed by atoms with van der Waals surface area (Å²) in [4.78, 5) is 18.8. The highest BCUT2D eigenvalue weighted by atomic mass is 35.5. The van der Waals surface area contributed by atoms with Crippen LogP contribution in [-0.2, 0) is 14.3 Å². The molecule has 1 aliphatic rings. The van der Waals surface area contributed by atoms with E-state index >= 15 is 0 Å². The van der Waals surface area contributed by atoms with Gasteiger partial charge in [0.1, 0.15) is 0 Å².